The number of fused-ring (bicyclic) bond motifs is 10. The van der Waals surface area contributed by atoms with E-state index in [0.29, 0.717) is 0 Å². The van der Waals surface area contributed by atoms with Crippen LogP contribution in [0.25, 0.3) is 82.2 Å². The molecule has 0 saturated carbocycles. The summed E-state index contributed by atoms with van der Waals surface area (Å²) in [7, 11) is 0. The lowest BCUT2D eigenvalue weighted by Crippen LogP contribution is -2.13. The maximum Gasteiger partial charge on any atom is 0.0618 e. The summed E-state index contributed by atoms with van der Waals surface area (Å²) in [5, 5.41) is 9.13. The van der Waals surface area contributed by atoms with Gasteiger partial charge in [0.2, 0.25) is 0 Å². The normalized spacial score (nSPS) is 12.8. The Balaban J connectivity index is 1.48. The second-order valence-corrected chi connectivity index (χ2v) is 13.5. The quantitative estimate of drug-likeness (QED) is 0.194. The van der Waals surface area contributed by atoms with E-state index in [0.717, 1.165) is 0 Å². The van der Waals surface area contributed by atoms with E-state index in [-0.39, 0.29) is 5.41 Å². The lowest BCUT2D eigenvalue weighted by atomic mass is 9.92. The summed E-state index contributed by atoms with van der Waals surface area (Å²) in [5.74, 6) is 0. The molecule has 4 aromatic heterocycles. The molecule has 0 aliphatic carbocycles. The van der Waals surface area contributed by atoms with Crippen LogP contribution in [0.4, 0.5) is 0 Å². The van der Waals surface area contributed by atoms with E-state index in [2.05, 4.69) is 168 Å². The van der Waals surface area contributed by atoms with E-state index < -0.39 is 0 Å². The van der Waals surface area contributed by atoms with Crippen LogP contribution in [-0.2, 0) is 5.41 Å². The van der Waals surface area contributed by atoms with E-state index in [1.165, 1.54) is 87.9 Å². The highest BCUT2D eigenvalue weighted by atomic mass is 15.0. The van der Waals surface area contributed by atoms with E-state index >= 15 is 0 Å². The molecule has 0 aliphatic rings. The third-order valence-corrected chi connectivity index (χ3v) is 9.82. The standard InChI is InChI=1S/C42H31N3/c1-42(2,3)38-23-26-22-37-39(30-19-11-13-21-34(30)44(37)28-16-8-5-9-17-28)40-32-24-31-29-18-10-12-20-33(29)43(27-14-6-4-7-15-27)35(31)25-36(32)45(38)41(26)40/h4-25H,1-3H3. The first-order valence-corrected chi connectivity index (χ1v) is 15.8. The van der Waals surface area contributed by atoms with Crippen LogP contribution in [0.15, 0.2) is 133 Å². The number of para-hydroxylation sites is 4. The average molecular weight is 578 g/mol. The maximum atomic E-state index is 2.57. The predicted molar refractivity (Wildman–Crippen MR) is 191 cm³/mol. The van der Waals surface area contributed by atoms with Crippen molar-refractivity contribution in [2.24, 2.45) is 0 Å². The van der Waals surface area contributed by atoms with Crippen molar-refractivity contribution in [3.63, 3.8) is 0 Å². The summed E-state index contributed by atoms with van der Waals surface area (Å²) < 4.78 is 7.45. The van der Waals surface area contributed by atoms with Crippen LogP contribution in [0, 0.1) is 0 Å². The number of rotatable bonds is 2. The lowest BCUT2D eigenvalue weighted by Gasteiger charge is -2.18. The molecule has 0 spiro atoms. The number of hydrogen-bond donors (Lipinski definition) is 0. The van der Waals surface area contributed by atoms with Crippen LogP contribution < -0.4 is 0 Å². The highest BCUT2D eigenvalue weighted by Gasteiger charge is 2.28. The number of aromatic nitrogens is 3. The molecule has 3 nitrogen and oxygen atoms in total. The van der Waals surface area contributed by atoms with Crippen molar-refractivity contribution >= 4 is 70.8 Å². The molecule has 0 N–H and O–H groups in total. The van der Waals surface area contributed by atoms with Crippen molar-refractivity contribution in [2.75, 3.05) is 0 Å². The first kappa shape index (κ1) is 24.9. The third-order valence-electron chi connectivity index (χ3n) is 9.82. The van der Waals surface area contributed by atoms with Gasteiger partial charge in [-0.1, -0.05) is 93.6 Å². The van der Waals surface area contributed by atoms with Crippen LogP contribution in [0.1, 0.15) is 26.5 Å². The molecule has 0 bridgehead atoms. The fourth-order valence-corrected chi connectivity index (χ4v) is 7.98. The summed E-state index contributed by atoms with van der Waals surface area (Å²) in [4.78, 5) is 0. The number of nitrogens with zero attached hydrogens (tertiary/aromatic N) is 3. The number of hydrogen-bond acceptors (Lipinski definition) is 0. The molecule has 45 heavy (non-hydrogen) atoms. The first-order chi connectivity index (χ1) is 22.0. The minimum absolute atomic E-state index is 0.0412. The van der Waals surface area contributed by atoms with E-state index in [9.17, 15) is 0 Å². The molecule has 4 heterocycles. The third kappa shape index (κ3) is 3.20. The zero-order valence-electron chi connectivity index (χ0n) is 25.5. The SMILES string of the molecule is CC(C)(C)c1cc2cc3c(c4ccccc4n3-c3ccccc3)c3c4cc5c6ccccc6n(-c6ccccc6)c5cc4n1c23. The van der Waals surface area contributed by atoms with Gasteiger partial charge in [-0.05, 0) is 60.7 Å². The molecular formula is C42H31N3. The number of benzene rings is 6. The fraction of sp³-hybridized carbons (Fsp3) is 0.0952. The van der Waals surface area contributed by atoms with Gasteiger partial charge in [-0.25, -0.2) is 0 Å². The van der Waals surface area contributed by atoms with Gasteiger partial charge in [0.05, 0.1) is 33.1 Å². The minimum atomic E-state index is -0.0412. The second kappa shape index (κ2) is 8.55. The van der Waals surface area contributed by atoms with Crippen LogP contribution in [0.5, 0.6) is 0 Å². The minimum Gasteiger partial charge on any atom is -0.312 e. The van der Waals surface area contributed by atoms with Crippen molar-refractivity contribution in [2.45, 2.75) is 26.2 Å². The highest BCUT2D eigenvalue weighted by molar-refractivity contribution is 6.33. The van der Waals surface area contributed by atoms with Gasteiger partial charge in [-0.15, -0.1) is 0 Å². The monoisotopic (exact) mass is 577 g/mol. The maximum absolute atomic E-state index is 2.57. The van der Waals surface area contributed by atoms with Crippen LogP contribution in [-0.4, -0.2) is 13.5 Å². The summed E-state index contributed by atoms with van der Waals surface area (Å²) in [6, 6.07) is 49.1. The zero-order chi connectivity index (χ0) is 30.0. The molecule has 0 aliphatic heterocycles. The Morgan fingerprint density at radius 1 is 0.422 bits per heavy atom. The molecule has 10 rings (SSSR count). The Labute approximate surface area is 260 Å². The fourth-order valence-electron chi connectivity index (χ4n) is 7.98. The Morgan fingerprint density at radius 3 is 1.67 bits per heavy atom. The molecule has 0 radical (unpaired) electrons. The molecular weight excluding hydrogens is 546 g/mol. The topological polar surface area (TPSA) is 14.3 Å². The average Bonchev–Trinajstić information content (AvgIpc) is 3.79. The highest BCUT2D eigenvalue weighted by Crippen LogP contribution is 2.47. The van der Waals surface area contributed by atoms with E-state index in [1.807, 2.05) is 0 Å². The predicted octanol–water partition coefficient (Wildman–Crippen LogP) is 11.2. The largest absolute Gasteiger partial charge is 0.312 e. The van der Waals surface area contributed by atoms with E-state index in [1.54, 1.807) is 0 Å². The van der Waals surface area contributed by atoms with Crippen LogP contribution in [0.3, 0.4) is 0 Å². The molecule has 0 atom stereocenters. The molecule has 0 unspecified atom stereocenters. The molecule has 0 fully saturated rings. The second-order valence-electron chi connectivity index (χ2n) is 13.5. The van der Waals surface area contributed by atoms with Crippen molar-refractivity contribution in [3.8, 4) is 11.4 Å². The van der Waals surface area contributed by atoms with Gasteiger partial charge in [0.1, 0.15) is 0 Å². The van der Waals surface area contributed by atoms with E-state index in [4.69, 9.17) is 0 Å². The van der Waals surface area contributed by atoms with Gasteiger partial charge in [0.25, 0.3) is 0 Å². The summed E-state index contributed by atoms with van der Waals surface area (Å²) >= 11 is 0. The molecule has 214 valence electrons. The summed E-state index contributed by atoms with van der Waals surface area (Å²) in [5.41, 5.74) is 11.2. The molecule has 6 aromatic carbocycles. The van der Waals surface area contributed by atoms with Crippen LogP contribution in [0.2, 0.25) is 0 Å². The molecule has 3 heteroatoms. The molecule has 10 aromatic rings. The Kier molecular flexibility index (Phi) is 4.72. The van der Waals surface area contributed by atoms with Crippen molar-refractivity contribution in [3.05, 3.63) is 139 Å². The Bertz CT molecular complexity index is 2770. The Morgan fingerprint density at radius 2 is 1.00 bits per heavy atom. The molecule has 0 amide bonds. The van der Waals surface area contributed by atoms with Crippen molar-refractivity contribution in [1.29, 1.82) is 0 Å². The zero-order valence-corrected chi connectivity index (χ0v) is 25.5. The smallest absolute Gasteiger partial charge is 0.0618 e. The molecule has 0 saturated heterocycles. The van der Waals surface area contributed by atoms with Gasteiger partial charge in [-0.3, -0.25) is 0 Å². The van der Waals surface area contributed by atoms with Crippen molar-refractivity contribution in [1.82, 2.24) is 13.5 Å². The van der Waals surface area contributed by atoms with Gasteiger partial charge in [0, 0.05) is 60.2 Å². The lowest BCUT2D eigenvalue weighted by molar-refractivity contribution is 0.567. The van der Waals surface area contributed by atoms with Crippen molar-refractivity contribution < 1.29 is 0 Å². The van der Waals surface area contributed by atoms with Gasteiger partial charge >= 0.3 is 0 Å². The van der Waals surface area contributed by atoms with Gasteiger partial charge in [0.15, 0.2) is 0 Å². The summed E-state index contributed by atoms with van der Waals surface area (Å²) in [6.07, 6.45) is 0. The summed E-state index contributed by atoms with van der Waals surface area (Å²) in [6.45, 7) is 7.00. The first-order valence-electron chi connectivity index (χ1n) is 15.8. The Hall–Kier alpha value is -5.54. The van der Waals surface area contributed by atoms with Crippen LogP contribution >= 0.6 is 0 Å². The van der Waals surface area contributed by atoms with Gasteiger partial charge in [-0.2, -0.15) is 0 Å². The van der Waals surface area contributed by atoms with Gasteiger partial charge < -0.3 is 13.5 Å².